The van der Waals surface area contributed by atoms with Crippen LogP contribution >= 0.6 is 0 Å². The van der Waals surface area contributed by atoms with Gasteiger partial charge in [0.15, 0.2) is 0 Å². The highest BCUT2D eigenvalue weighted by Gasteiger charge is 2.23. The zero-order valence-electron chi connectivity index (χ0n) is 36.6. The lowest BCUT2D eigenvalue weighted by molar-refractivity contribution is 0.669. The number of hydrogen-bond acceptors (Lipinski definition) is 2. The maximum atomic E-state index is 6.42. The fourth-order valence-electron chi connectivity index (χ4n) is 10.3. The van der Waals surface area contributed by atoms with Crippen LogP contribution in [0.2, 0.25) is 0 Å². The molecule has 0 aliphatic heterocycles. The van der Waals surface area contributed by atoms with E-state index in [0.717, 1.165) is 72.5 Å². The lowest BCUT2D eigenvalue weighted by Crippen LogP contribution is -2.12. The van der Waals surface area contributed by atoms with E-state index in [1.54, 1.807) is 0 Å². The van der Waals surface area contributed by atoms with Gasteiger partial charge < -0.3 is 13.9 Å². The highest BCUT2D eigenvalue weighted by molar-refractivity contribution is 6.14. The minimum absolute atomic E-state index is 0.877. The van der Waals surface area contributed by atoms with Gasteiger partial charge in [0.2, 0.25) is 0 Å². The second-order valence-electron chi connectivity index (χ2n) is 17.2. The first-order chi connectivity index (χ1) is 33.2. The number of fused-ring (bicyclic) bond motifs is 7. The van der Waals surface area contributed by atoms with Gasteiger partial charge in [-0.1, -0.05) is 194 Å². The smallest absolute Gasteiger partial charge is 0.136 e. The third-order valence-corrected chi connectivity index (χ3v) is 13.4. The van der Waals surface area contributed by atoms with Crippen LogP contribution in [0, 0.1) is 0 Å². The third-order valence-electron chi connectivity index (χ3n) is 13.4. The molecule has 0 fully saturated rings. The molecule has 2 aromatic heterocycles. The lowest BCUT2D eigenvalue weighted by Gasteiger charge is -2.30. The number of benzene rings is 11. The van der Waals surface area contributed by atoms with Crippen LogP contribution in [0.5, 0.6) is 0 Å². The Labute approximate surface area is 388 Å². The van der Waals surface area contributed by atoms with E-state index < -0.39 is 0 Å². The van der Waals surface area contributed by atoms with Gasteiger partial charge in [-0.25, -0.2) is 0 Å². The van der Waals surface area contributed by atoms with Gasteiger partial charge in [0.25, 0.3) is 0 Å². The Morgan fingerprint density at radius 3 is 1.51 bits per heavy atom. The minimum atomic E-state index is 0.877. The van der Waals surface area contributed by atoms with Crippen molar-refractivity contribution in [1.29, 1.82) is 0 Å². The first-order valence-corrected chi connectivity index (χ1v) is 22.9. The first-order valence-electron chi connectivity index (χ1n) is 22.9. The van der Waals surface area contributed by atoms with Gasteiger partial charge in [-0.15, -0.1) is 0 Å². The van der Waals surface area contributed by atoms with Crippen molar-refractivity contribution in [2.45, 2.75) is 0 Å². The van der Waals surface area contributed by atoms with E-state index in [4.69, 9.17) is 4.42 Å². The molecule has 0 aliphatic rings. The number of rotatable bonds is 8. The van der Waals surface area contributed by atoms with Crippen molar-refractivity contribution in [2.75, 3.05) is 4.90 Å². The van der Waals surface area contributed by atoms with Crippen LogP contribution < -0.4 is 4.90 Å². The third kappa shape index (κ3) is 6.51. The molecule has 3 heteroatoms. The van der Waals surface area contributed by atoms with Crippen molar-refractivity contribution in [3.05, 3.63) is 255 Å². The van der Waals surface area contributed by atoms with E-state index in [-0.39, 0.29) is 0 Å². The normalized spacial score (nSPS) is 11.6. The molecule has 0 bridgehead atoms. The molecule has 3 nitrogen and oxygen atoms in total. The molecule has 0 radical (unpaired) electrons. The Kier molecular flexibility index (Phi) is 9.17. The quantitative estimate of drug-likeness (QED) is 0.152. The molecule has 0 spiro atoms. The largest absolute Gasteiger partial charge is 0.456 e. The molecule has 13 rings (SSSR count). The van der Waals surface area contributed by atoms with Crippen LogP contribution in [0.25, 0.3) is 105 Å². The Morgan fingerprint density at radius 2 is 0.791 bits per heavy atom. The van der Waals surface area contributed by atoms with Crippen molar-refractivity contribution < 1.29 is 4.42 Å². The molecule has 67 heavy (non-hydrogen) atoms. The number of aromatic nitrogens is 1. The van der Waals surface area contributed by atoms with Crippen LogP contribution in [0.1, 0.15) is 0 Å². The molecule has 0 saturated carbocycles. The fraction of sp³-hybridized carbons (Fsp3) is 0. The van der Waals surface area contributed by atoms with Crippen LogP contribution in [0.4, 0.5) is 17.1 Å². The van der Waals surface area contributed by atoms with Gasteiger partial charge in [-0.3, -0.25) is 0 Å². The fourth-order valence-corrected chi connectivity index (χ4v) is 10.3. The average molecular weight is 855 g/mol. The van der Waals surface area contributed by atoms with E-state index in [9.17, 15) is 0 Å². The van der Waals surface area contributed by atoms with Crippen LogP contribution in [0.15, 0.2) is 259 Å². The summed E-state index contributed by atoms with van der Waals surface area (Å²) in [6, 6.07) is 91.9. The van der Waals surface area contributed by atoms with E-state index in [0.29, 0.717) is 0 Å². The zero-order valence-corrected chi connectivity index (χ0v) is 36.6. The van der Waals surface area contributed by atoms with Crippen molar-refractivity contribution >= 4 is 71.6 Å². The topological polar surface area (TPSA) is 21.3 Å². The molecular weight excluding hydrogens is 813 g/mol. The van der Waals surface area contributed by atoms with Gasteiger partial charge in [0.1, 0.15) is 11.2 Å². The van der Waals surface area contributed by atoms with E-state index in [1.807, 2.05) is 6.07 Å². The summed E-state index contributed by atoms with van der Waals surface area (Å²) < 4.78 is 8.80. The van der Waals surface area contributed by atoms with E-state index in [1.165, 1.54) is 49.3 Å². The summed E-state index contributed by atoms with van der Waals surface area (Å²) in [6.45, 7) is 0. The summed E-state index contributed by atoms with van der Waals surface area (Å²) in [6.07, 6.45) is 0. The Bertz CT molecular complexity index is 3930. The number of furan rings is 1. The molecule has 0 atom stereocenters. The average Bonchev–Trinajstić information content (AvgIpc) is 3.96. The van der Waals surface area contributed by atoms with Gasteiger partial charge in [0, 0.05) is 44.0 Å². The summed E-state index contributed by atoms with van der Waals surface area (Å²) in [5, 5.41) is 7.19. The van der Waals surface area contributed by atoms with Crippen molar-refractivity contribution in [3.63, 3.8) is 0 Å². The molecule has 0 saturated heterocycles. The van der Waals surface area contributed by atoms with Crippen LogP contribution in [0.3, 0.4) is 0 Å². The SMILES string of the molecule is c1cc(-c2ccc(-c3ccc(N(c4ccccc4-c4cccc5ccccc45)c4ccccc4-c4cccc5oc6ccccc6c45)cc3)cc2)cc(-n2c3ccccc3c3ccccc32)c1. The zero-order chi connectivity index (χ0) is 44.3. The summed E-state index contributed by atoms with van der Waals surface area (Å²) in [5.41, 5.74) is 17.8. The predicted molar refractivity (Wildman–Crippen MR) is 282 cm³/mol. The molecule has 314 valence electrons. The molecule has 13 aromatic rings. The Morgan fingerprint density at radius 1 is 0.313 bits per heavy atom. The van der Waals surface area contributed by atoms with Gasteiger partial charge >= 0.3 is 0 Å². The molecule has 0 unspecified atom stereocenters. The first kappa shape index (κ1) is 38.5. The number of anilines is 3. The van der Waals surface area contributed by atoms with Crippen molar-refractivity contribution in [2.24, 2.45) is 0 Å². The monoisotopic (exact) mass is 854 g/mol. The van der Waals surface area contributed by atoms with E-state index in [2.05, 4.69) is 258 Å². The second kappa shape index (κ2) is 16.0. The number of hydrogen-bond donors (Lipinski definition) is 0. The maximum Gasteiger partial charge on any atom is 0.136 e. The molecule has 0 aliphatic carbocycles. The Hall–Kier alpha value is -8.92. The lowest BCUT2D eigenvalue weighted by atomic mass is 9.94. The van der Waals surface area contributed by atoms with Gasteiger partial charge in [-0.05, 0) is 105 Å². The summed E-state index contributed by atoms with van der Waals surface area (Å²) >= 11 is 0. The van der Waals surface area contributed by atoms with Crippen LogP contribution in [-0.4, -0.2) is 4.57 Å². The highest BCUT2D eigenvalue weighted by Crippen LogP contribution is 2.48. The molecule has 11 aromatic carbocycles. The highest BCUT2D eigenvalue weighted by atomic mass is 16.3. The van der Waals surface area contributed by atoms with Gasteiger partial charge in [-0.2, -0.15) is 0 Å². The number of nitrogens with zero attached hydrogens (tertiary/aromatic N) is 2. The summed E-state index contributed by atoms with van der Waals surface area (Å²) in [5.74, 6) is 0. The predicted octanol–water partition coefficient (Wildman–Crippen LogP) is 18.0. The van der Waals surface area contributed by atoms with Gasteiger partial charge in [0.05, 0.1) is 22.4 Å². The summed E-state index contributed by atoms with van der Waals surface area (Å²) in [7, 11) is 0. The van der Waals surface area contributed by atoms with E-state index >= 15 is 0 Å². The Balaban J connectivity index is 0.912. The number of para-hydroxylation sites is 5. The molecule has 2 heterocycles. The molecular formula is C64H42N2O. The minimum Gasteiger partial charge on any atom is -0.456 e. The van der Waals surface area contributed by atoms with Crippen molar-refractivity contribution in [1.82, 2.24) is 4.57 Å². The maximum absolute atomic E-state index is 6.42. The molecule has 0 N–H and O–H groups in total. The van der Waals surface area contributed by atoms with Crippen LogP contribution in [-0.2, 0) is 0 Å². The van der Waals surface area contributed by atoms with Crippen molar-refractivity contribution in [3.8, 4) is 50.2 Å². The second-order valence-corrected chi connectivity index (χ2v) is 17.2. The summed E-state index contributed by atoms with van der Waals surface area (Å²) in [4.78, 5) is 2.44. The molecule has 0 amide bonds. The standard InChI is InChI=1S/C64H42N2O/c1-2-20-50-46(16-1)17-14-26-51(50)52-21-3-8-28-58(52)65(61-31-11-6-24-55(61)56-27-15-33-63-64(56)57-25-7-12-32-62(57)67-63)48-40-38-44(39-41-48)43-34-36-45(37-35-43)47-18-13-19-49(42-47)66-59-29-9-4-22-53(59)54-23-5-10-30-60(54)66/h1-42H.